The van der Waals surface area contributed by atoms with Crippen molar-refractivity contribution in [1.29, 1.82) is 0 Å². The molecular formula is C16H22N4O5S. The molecule has 2 aliphatic rings. The van der Waals surface area contributed by atoms with Gasteiger partial charge in [-0.3, -0.25) is 14.5 Å². The second-order valence-electron chi connectivity index (χ2n) is 6.19. The summed E-state index contributed by atoms with van der Waals surface area (Å²) in [5.41, 5.74) is 0.821. The summed E-state index contributed by atoms with van der Waals surface area (Å²) in [6.07, 6.45) is -0.321. The van der Waals surface area contributed by atoms with Crippen LogP contribution in [0.15, 0.2) is 5.38 Å². The maximum absolute atomic E-state index is 12.6. The van der Waals surface area contributed by atoms with Crippen LogP contribution in [0.5, 0.6) is 0 Å². The third-order valence-corrected chi connectivity index (χ3v) is 5.10. The molecule has 2 fully saturated rings. The first kappa shape index (κ1) is 18.6. The molecule has 0 saturated carbocycles. The number of amides is 3. The van der Waals surface area contributed by atoms with Crippen LogP contribution in [0, 0.1) is 6.92 Å². The number of hydrogen-bond acceptors (Lipinski definition) is 7. The summed E-state index contributed by atoms with van der Waals surface area (Å²) < 4.78 is 10.3. The van der Waals surface area contributed by atoms with Crippen LogP contribution in [-0.4, -0.2) is 78.2 Å². The zero-order valence-corrected chi connectivity index (χ0v) is 15.4. The molecule has 9 nitrogen and oxygen atoms in total. The number of hydrogen-bond donors (Lipinski definition) is 1. The van der Waals surface area contributed by atoms with Gasteiger partial charge in [-0.25, -0.2) is 9.78 Å². The van der Waals surface area contributed by atoms with Crippen LogP contribution < -0.4 is 5.32 Å². The molecule has 3 rings (SSSR count). The molecule has 142 valence electrons. The summed E-state index contributed by atoms with van der Waals surface area (Å²) in [5.74, 6) is -0.357. The summed E-state index contributed by atoms with van der Waals surface area (Å²) in [5, 5.41) is 5.68. The van der Waals surface area contributed by atoms with E-state index in [2.05, 4.69) is 10.3 Å². The van der Waals surface area contributed by atoms with E-state index < -0.39 is 6.09 Å². The van der Waals surface area contributed by atoms with E-state index in [1.165, 1.54) is 16.2 Å². The first-order chi connectivity index (χ1) is 12.5. The predicted octanol–water partition coefficient (Wildman–Crippen LogP) is 0.137. The molecule has 0 aliphatic carbocycles. The Balaban J connectivity index is 1.51. The van der Waals surface area contributed by atoms with E-state index in [1.54, 1.807) is 4.90 Å². The molecule has 1 N–H and O–H groups in total. The number of thiazole rings is 1. The highest BCUT2D eigenvalue weighted by Crippen LogP contribution is 2.13. The summed E-state index contributed by atoms with van der Waals surface area (Å²) in [6, 6.07) is -0.341. The Morgan fingerprint density at radius 2 is 2.23 bits per heavy atom. The molecule has 2 aliphatic heterocycles. The van der Waals surface area contributed by atoms with Crippen molar-refractivity contribution in [1.82, 2.24) is 20.1 Å². The van der Waals surface area contributed by atoms with Gasteiger partial charge in [0, 0.05) is 18.3 Å². The maximum atomic E-state index is 12.6. The number of aryl methyl sites for hydroxylation is 1. The molecule has 3 heterocycles. The fraction of sp³-hybridized carbons (Fsp3) is 0.625. The van der Waals surface area contributed by atoms with E-state index in [0.717, 1.165) is 10.7 Å². The van der Waals surface area contributed by atoms with E-state index in [-0.39, 0.29) is 30.8 Å². The van der Waals surface area contributed by atoms with E-state index in [4.69, 9.17) is 9.47 Å². The lowest BCUT2D eigenvalue weighted by molar-refractivity contribution is -0.142. The van der Waals surface area contributed by atoms with E-state index in [1.807, 2.05) is 12.3 Å². The topological polar surface area (TPSA) is 101 Å². The van der Waals surface area contributed by atoms with Crippen molar-refractivity contribution >= 4 is 29.2 Å². The third-order valence-electron chi connectivity index (χ3n) is 4.27. The van der Waals surface area contributed by atoms with Gasteiger partial charge in [0.25, 0.3) is 0 Å². The Kier molecular flexibility index (Phi) is 6.04. The average molecular weight is 382 g/mol. The highest BCUT2D eigenvalue weighted by molar-refractivity contribution is 7.09. The molecule has 26 heavy (non-hydrogen) atoms. The number of carbonyl (C=O) groups excluding carboxylic acids is 3. The van der Waals surface area contributed by atoms with Crippen molar-refractivity contribution in [2.24, 2.45) is 0 Å². The Morgan fingerprint density at radius 3 is 2.92 bits per heavy atom. The van der Waals surface area contributed by atoms with Gasteiger partial charge in [-0.1, -0.05) is 0 Å². The molecule has 1 atom stereocenters. The minimum absolute atomic E-state index is 0.0327. The second kappa shape index (κ2) is 8.45. The molecule has 10 heteroatoms. The first-order valence-corrected chi connectivity index (χ1v) is 9.37. The van der Waals surface area contributed by atoms with Crippen molar-refractivity contribution in [3.8, 4) is 0 Å². The van der Waals surface area contributed by atoms with Gasteiger partial charge in [0.15, 0.2) is 0 Å². The van der Waals surface area contributed by atoms with Crippen molar-refractivity contribution in [2.45, 2.75) is 25.9 Å². The van der Waals surface area contributed by atoms with Gasteiger partial charge in [-0.05, 0) is 6.92 Å². The van der Waals surface area contributed by atoms with Gasteiger partial charge in [-0.15, -0.1) is 11.3 Å². The smallest absolute Gasteiger partial charge is 0.410 e. The Hall–Kier alpha value is -2.20. The largest absolute Gasteiger partial charge is 0.448 e. The van der Waals surface area contributed by atoms with Crippen molar-refractivity contribution in [3.05, 3.63) is 16.1 Å². The van der Waals surface area contributed by atoms with Gasteiger partial charge in [0.05, 0.1) is 43.0 Å². The molecule has 1 aromatic rings. The summed E-state index contributed by atoms with van der Waals surface area (Å²) >= 11 is 1.53. The van der Waals surface area contributed by atoms with Crippen molar-refractivity contribution in [3.63, 3.8) is 0 Å². The first-order valence-electron chi connectivity index (χ1n) is 8.49. The van der Waals surface area contributed by atoms with Crippen LogP contribution in [0.25, 0.3) is 0 Å². The van der Waals surface area contributed by atoms with Gasteiger partial charge < -0.3 is 19.7 Å². The third kappa shape index (κ3) is 4.70. The molecule has 0 radical (unpaired) electrons. The van der Waals surface area contributed by atoms with Gasteiger partial charge in [0.2, 0.25) is 11.8 Å². The molecule has 1 aromatic heterocycles. The Labute approximate surface area is 155 Å². The summed E-state index contributed by atoms with van der Waals surface area (Å²) in [6.45, 7) is 4.09. The molecule has 0 unspecified atom stereocenters. The van der Waals surface area contributed by atoms with Crippen LogP contribution in [-0.2, 0) is 25.6 Å². The SMILES string of the molecule is Cc1nc(CNC(=O)C[C@@H]2COCCN2C(=O)CN2CCOC2=O)cs1. The lowest BCUT2D eigenvalue weighted by Crippen LogP contribution is -2.53. The monoisotopic (exact) mass is 382 g/mol. The lowest BCUT2D eigenvalue weighted by atomic mass is 10.1. The minimum atomic E-state index is -0.473. The number of aromatic nitrogens is 1. The summed E-state index contributed by atoms with van der Waals surface area (Å²) in [4.78, 5) is 43.6. The second-order valence-corrected chi connectivity index (χ2v) is 7.25. The predicted molar refractivity (Wildman–Crippen MR) is 92.6 cm³/mol. The van der Waals surface area contributed by atoms with Gasteiger partial charge >= 0.3 is 6.09 Å². The molecule has 2 saturated heterocycles. The molecule has 0 aromatic carbocycles. The molecule has 0 spiro atoms. The zero-order chi connectivity index (χ0) is 18.5. The van der Waals surface area contributed by atoms with E-state index >= 15 is 0 Å². The number of rotatable bonds is 6. The standard InChI is InChI=1S/C16H22N4O5S/c1-11-18-12(10-26-11)7-17-14(21)6-13-9-24-4-3-20(13)15(22)8-19-2-5-25-16(19)23/h10,13H,2-9H2,1H3,(H,17,21)/t13-/m1/s1. The summed E-state index contributed by atoms with van der Waals surface area (Å²) in [7, 11) is 0. The van der Waals surface area contributed by atoms with Crippen LogP contribution in [0.2, 0.25) is 0 Å². The molecule has 0 bridgehead atoms. The number of nitrogens with zero attached hydrogens (tertiary/aromatic N) is 3. The fourth-order valence-electron chi connectivity index (χ4n) is 2.94. The Bertz CT molecular complexity index is 679. The number of cyclic esters (lactones) is 1. The molecular weight excluding hydrogens is 360 g/mol. The van der Waals surface area contributed by atoms with E-state index in [9.17, 15) is 14.4 Å². The normalized spacial score (nSPS) is 20.2. The van der Waals surface area contributed by atoms with E-state index in [0.29, 0.717) is 39.5 Å². The van der Waals surface area contributed by atoms with Crippen molar-refractivity contribution in [2.75, 3.05) is 39.5 Å². The van der Waals surface area contributed by atoms with Crippen LogP contribution in [0.1, 0.15) is 17.1 Å². The maximum Gasteiger partial charge on any atom is 0.410 e. The average Bonchev–Trinajstić information content (AvgIpc) is 3.22. The number of morpholine rings is 1. The van der Waals surface area contributed by atoms with Crippen LogP contribution >= 0.6 is 11.3 Å². The van der Waals surface area contributed by atoms with Crippen LogP contribution in [0.3, 0.4) is 0 Å². The zero-order valence-electron chi connectivity index (χ0n) is 14.6. The molecule has 3 amide bonds. The quantitative estimate of drug-likeness (QED) is 0.751. The number of nitrogens with one attached hydrogen (secondary N) is 1. The Morgan fingerprint density at radius 1 is 1.38 bits per heavy atom. The minimum Gasteiger partial charge on any atom is -0.448 e. The van der Waals surface area contributed by atoms with Crippen molar-refractivity contribution < 1.29 is 23.9 Å². The number of ether oxygens (including phenoxy) is 2. The van der Waals surface area contributed by atoms with Gasteiger partial charge in [0.1, 0.15) is 13.2 Å². The highest BCUT2D eigenvalue weighted by atomic mass is 32.1. The van der Waals surface area contributed by atoms with Crippen LogP contribution in [0.4, 0.5) is 4.79 Å². The highest BCUT2D eigenvalue weighted by Gasteiger charge is 2.32. The lowest BCUT2D eigenvalue weighted by Gasteiger charge is -2.36. The van der Waals surface area contributed by atoms with Gasteiger partial charge in [-0.2, -0.15) is 0 Å². The fourth-order valence-corrected chi connectivity index (χ4v) is 3.55. The number of carbonyl (C=O) groups is 3.